The van der Waals surface area contributed by atoms with Crippen LogP contribution in [0.3, 0.4) is 0 Å². The molecule has 0 aliphatic heterocycles. The summed E-state index contributed by atoms with van der Waals surface area (Å²) in [6.07, 6.45) is 0. The molecule has 0 N–H and O–H groups in total. The van der Waals surface area contributed by atoms with Crippen LogP contribution in [0.4, 0.5) is 3.89 Å². The molecule has 0 saturated heterocycles. The second kappa shape index (κ2) is 2.89. The number of nitrogens with zero attached hydrogens (tertiary/aromatic N) is 1. The van der Waals surface area contributed by atoms with E-state index in [2.05, 4.69) is 4.18 Å². The third-order valence-electron chi connectivity index (χ3n) is 0.199. The van der Waals surface area contributed by atoms with Gasteiger partial charge in [0.1, 0.15) is 0 Å². The molecule has 0 bridgehead atoms. The molecule has 0 atom stereocenters. The summed E-state index contributed by atoms with van der Waals surface area (Å²) in [6.45, 7) is 0. The quantitative estimate of drug-likeness (QED) is 0.441. The van der Waals surface area contributed by atoms with E-state index in [1.54, 1.807) is 0 Å². The Labute approximate surface area is 41.3 Å². The van der Waals surface area contributed by atoms with Gasteiger partial charge in [0, 0.05) is 6.15 Å². The van der Waals surface area contributed by atoms with E-state index in [0.29, 0.717) is 0 Å². The molecule has 7 heavy (non-hydrogen) atoms. The molecule has 0 unspecified atom stereocenters. The fraction of sp³-hybridized carbons (Fsp3) is 1.00. The first-order valence-corrected chi connectivity index (χ1v) is 2.37. The molecule has 0 rings (SSSR count). The average molecular weight is 128 g/mol. The smallest absolute Gasteiger partial charge is 0.248 e. The lowest BCUT2D eigenvalue weighted by Gasteiger charge is -1.78. The summed E-state index contributed by atoms with van der Waals surface area (Å²) in [7, 11) is -3.92. The molecule has 3 radical (unpaired) electrons. The Bertz CT molecular complexity index is 117. The molecule has 0 aromatic carbocycles. The van der Waals surface area contributed by atoms with Gasteiger partial charge in [-0.15, -0.1) is 0 Å². The Kier molecular flexibility index (Phi) is 4.10. The highest BCUT2D eigenvalue weighted by molar-refractivity contribution is 7.81. The lowest BCUT2D eigenvalue weighted by Crippen LogP contribution is -1.89. The first-order valence-electron chi connectivity index (χ1n) is 1.06. The molecule has 0 heterocycles. The van der Waals surface area contributed by atoms with Crippen molar-refractivity contribution >= 4 is 10.5 Å². The minimum Gasteiger partial charge on any atom is -0.248 e. The summed E-state index contributed by atoms with van der Waals surface area (Å²) in [4.78, 5) is 0. The van der Waals surface area contributed by atoms with E-state index in [-0.39, 0.29) is 6.15 Å². The number of hydrogen-bond acceptors (Lipinski definition) is 3. The van der Waals surface area contributed by atoms with Crippen molar-refractivity contribution in [3.8, 4) is 0 Å². The number of hydrogen-bond donors (Lipinski definition) is 0. The van der Waals surface area contributed by atoms with Crippen LogP contribution in [0.1, 0.15) is 0 Å². The van der Waals surface area contributed by atoms with Crippen molar-refractivity contribution in [3.05, 3.63) is 0 Å². The maximum Gasteiger partial charge on any atom is 0.437 e. The van der Waals surface area contributed by atoms with E-state index in [1.807, 2.05) is 0 Å². The summed E-state index contributed by atoms with van der Waals surface area (Å²) in [5.74, 6) is 0. The molecule has 0 amide bonds. The minimum absolute atomic E-state index is 0. The molecule has 0 aromatic rings. The molecule has 43 valence electrons. The van der Waals surface area contributed by atoms with Crippen molar-refractivity contribution in [2.45, 2.75) is 0 Å². The van der Waals surface area contributed by atoms with Gasteiger partial charge in [-0.05, 0) is 0 Å². The van der Waals surface area contributed by atoms with E-state index >= 15 is 0 Å². The zero-order valence-corrected chi connectivity index (χ0v) is 4.27. The first-order chi connectivity index (χ1) is 2.56. The maximum atomic E-state index is 10.9. The maximum absolute atomic E-state index is 10.9. The Morgan fingerprint density at radius 2 is 1.71 bits per heavy atom. The van der Waals surface area contributed by atoms with Crippen LogP contribution in [0.25, 0.3) is 0 Å². The van der Waals surface area contributed by atoms with Crippen LogP contribution in [0, 0.1) is 0 Å². The number of halogens is 1. The molecule has 0 aliphatic rings. The van der Waals surface area contributed by atoms with Crippen molar-refractivity contribution in [2.24, 2.45) is 0 Å². The standard InChI is InChI=1S/CH3FO3S.N/c1-5-6(2,3)4;/h1H3;. The van der Waals surface area contributed by atoms with Crippen LogP contribution in [-0.4, -0.2) is 15.5 Å². The van der Waals surface area contributed by atoms with Gasteiger partial charge in [0.05, 0.1) is 7.11 Å². The Morgan fingerprint density at radius 1 is 1.57 bits per heavy atom. The van der Waals surface area contributed by atoms with Gasteiger partial charge in [-0.2, -0.15) is 8.42 Å². The summed E-state index contributed by atoms with van der Waals surface area (Å²) in [6, 6.07) is 0. The topological polar surface area (TPSA) is 73.9 Å². The monoisotopic (exact) mass is 128 g/mol. The molecule has 0 aromatic heterocycles. The normalized spacial score (nSPS) is 10.0. The van der Waals surface area contributed by atoms with Crippen molar-refractivity contribution in [2.75, 3.05) is 7.11 Å². The van der Waals surface area contributed by atoms with Crippen LogP contribution >= 0.6 is 0 Å². The summed E-state index contributed by atoms with van der Waals surface area (Å²) < 4.78 is 32.3. The lowest BCUT2D eigenvalue weighted by atomic mass is 11.8. The Balaban J connectivity index is 0. The zero-order valence-electron chi connectivity index (χ0n) is 3.46. The predicted molar refractivity (Wildman–Crippen MR) is 19.2 cm³/mol. The first kappa shape index (κ1) is 9.93. The molecule has 4 nitrogen and oxygen atoms in total. The third kappa shape index (κ3) is 10.7. The molecular weight excluding hydrogens is 125 g/mol. The molecule has 6 heteroatoms. The van der Waals surface area contributed by atoms with E-state index in [4.69, 9.17) is 8.42 Å². The molecule has 0 spiro atoms. The zero-order chi connectivity index (χ0) is 5.21. The fourth-order valence-corrected chi connectivity index (χ4v) is 0. The van der Waals surface area contributed by atoms with Gasteiger partial charge in [-0.3, -0.25) is 0 Å². The highest BCUT2D eigenvalue weighted by Crippen LogP contribution is 1.85. The SMILES string of the molecule is COS(=O)(=O)F.[N]. The third-order valence-corrected chi connectivity index (χ3v) is 0.597. The van der Waals surface area contributed by atoms with E-state index in [9.17, 15) is 3.89 Å². The highest BCUT2D eigenvalue weighted by Gasteiger charge is 1.98. The van der Waals surface area contributed by atoms with Crippen molar-refractivity contribution < 1.29 is 16.5 Å². The van der Waals surface area contributed by atoms with Gasteiger partial charge < -0.3 is 0 Å². The van der Waals surface area contributed by atoms with Gasteiger partial charge in [-0.25, -0.2) is 4.18 Å². The second-order valence-electron chi connectivity index (χ2n) is 0.560. The molecule has 0 aliphatic carbocycles. The molecular formula is CH3FNO3S. The van der Waals surface area contributed by atoms with Crippen LogP contribution < -0.4 is 6.15 Å². The van der Waals surface area contributed by atoms with Crippen LogP contribution in [0.5, 0.6) is 0 Å². The van der Waals surface area contributed by atoms with Crippen LogP contribution in [0.2, 0.25) is 0 Å². The second-order valence-corrected chi connectivity index (χ2v) is 1.68. The fourth-order valence-electron chi connectivity index (χ4n) is 0. The van der Waals surface area contributed by atoms with Gasteiger partial charge >= 0.3 is 10.5 Å². The summed E-state index contributed by atoms with van der Waals surface area (Å²) in [5, 5.41) is 0. The van der Waals surface area contributed by atoms with Gasteiger partial charge in [-0.1, -0.05) is 3.89 Å². The largest absolute Gasteiger partial charge is 0.437 e. The predicted octanol–water partition coefficient (Wildman–Crippen LogP) is -0.633. The van der Waals surface area contributed by atoms with Crippen LogP contribution in [-0.2, 0) is 14.7 Å². The molecule has 0 saturated carbocycles. The van der Waals surface area contributed by atoms with Crippen LogP contribution in [0.15, 0.2) is 0 Å². The van der Waals surface area contributed by atoms with Crippen molar-refractivity contribution in [3.63, 3.8) is 0 Å². The van der Waals surface area contributed by atoms with Gasteiger partial charge in [0.15, 0.2) is 0 Å². The average Bonchev–Trinajstić information content (AvgIpc) is 1.35. The van der Waals surface area contributed by atoms with Gasteiger partial charge in [0.25, 0.3) is 0 Å². The Hall–Kier alpha value is -0.200. The minimum atomic E-state index is -4.66. The van der Waals surface area contributed by atoms with Crippen molar-refractivity contribution in [1.29, 1.82) is 0 Å². The van der Waals surface area contributed by atoms with E-state index in [0.717, 1.165) is 7.11 Å². The lowest BCUT2D eigenvalue weighted by molar-refractivity contribution is 0.362. The number of rotatable bonds is 1. The van der Waals surface area contributed by atoms with Gasteiger partial charge in [0.2, 0.25) is 0 Å². The highest BCUT2D eigenvalue weighted by atomic mass is 32.3. The molecule has 0 fully saturated rings. The summed E-state index contributed by atoms with van der Waals surface area (Å²) >= 11 is 0. The van der Waals surface area contributed by atoms with E-state index in [1.165, 1.54) is 0 Å². The Morgan fingerprint density at radius 3 is 1.71 bits per heavy atom. The van der Waals surface area contributed by atoms with E-state index < -0.39 is 10.5 Å². The van der Waals surface area contributed by atoms with Crippen molar-refractivity contribution in [1.82, 2.24) is 6.15 Å². The summed E-state index contributed by atoms with van der Waals surface area (Å²) in [5.41, 5.74) is 0.